The molecule has 6 heteroatoms. The van der Waals surface area contributed by atoms with E-state index in [2.05, 4.69) is 20.5 Å². The number of carbonyl (C=O) groups excluding carboxylic acids is 1. The van der Waals surface area contributed by atoms with Gasteiger partial charge < -0.3 is 10.6 Å². The molecule has 0 unspecified atom stereocenters. The Morgan fingerprint density at radius 1 is 1.35 bits per heavy atom. The van der Waals surface area contributed by atoms with E-state index in [-0.39, 0.29) is 5.91 Å². The van der Waals surface area contributed by atoms with E-state index >= 15 is 0 Å². The van der Waals surface area contributed by atoms with Crippen LogP contribution in [0.5, 0.6) is 0 Å². The van der Waals surface area contributed by atoms with E-state index in [1.54, 1.807) is 0 Å². The Morgan fingerprint density at radius 2 is 2.15 bits per heavy atom. The molecule has 1 fully saturated rings. The zero-order valence-electron chi connectivity index (χ0n) is 11.3. The highest BCUT2D eigenvalue weighted by Crippen LogP contribution is 2.21. The van der Waals surface area contributed by atoms with Crippen LogP contribution in [0.15, 0.2) is 24.3 Å². The Hall–Kier alpha value is -1.50. The third-order valence-corrected chi connectivity index (χ3v) is 4.45. The van der Waals surface area contributed by atoms with Crippen molar-refractivity contribution in [3.63, 3.8) is 0 Å². The molecule has 2 N–H and O–H groups in total. The number of hydrogen-bond donors (Lipinski definition) is 2. The molecule has 0 radical (unpaired) electrons. The van der Waals surface area contributed by atoms with Crippen molar-refractivity contribution >= 4 is 27.5 Å². The molecule has 0 atom stereocenters. The van der Waals surface area contributed by atoms with E-state index in [1.165, 1.54) is 11.3 Å². The number of hydrogen-bond acceptors (Lipinski definition) is 5. The predicted molar refractivity (Wildman–Crippen MR) is 81.3 cm³/mol. The Labute approximate surface area is 122 Å². The van der Waals surface area contributed by atoms with Gasteiger partial charge in [0.25, 0.3) is 5.91 Å². The lowest BCUT2D eigenvalue weighted by molar-refractivity contribution is 0.0947. The highest BCUT2D eigenvalue weighted by Gasteiger charge is 2.13. The third kappa shape index (κ3) is 3.15. The van der Waals surface area contributed by atoms with Crippen molar-refractivity contribution in [1.29, 1.82) is 0 Å². The average Bonchev–Trinajstić information content (AvgIpc) is 2.92. The van der Waals surface area contributed by atoms with Gasteiger partial charge in [-0.2, -0.15) is 0 Å². The standard InChI is InChI=1S/C14H18N4OS/c19-13(16-7-10-18-8-5-15-6-9-18)14-17-11-3-1-2-4-12(11)20-14/h1-4,15H,5-10H2,(H,16,19). The fourth-order valence-corrected chi connectivity index (χ4v) is 3.19. The molecule has 3 rings (SSSR count). The molecule has 2 aromatic rings. The number of fused-ring (bicyclic) bond motifs is 1. The molecule has 1 aliphatic heterocycles. The van der Waals surface area contributed by atoms with Crippen molar-refractivity contribution < 1.29 is 4.79 Å². The van der Waals surface area contributed by atoms with Gasteiger partial charge in [0, 0.05) is 39.3 Å². The molecule has 20 heavy (non-hydrogen) atoms. The first-order chi connectivity index (χ1) is 9.83. The minimum Gasteiger partial charge on any atom is -0.349 e. The third-order valence-electron chi connectivity index (χ3n) is 3.41. The smallest absolute Gasteiger partial charge is 0.280 e. The summed E-state index contributed by atoms with van der Waals surface area (Å²) in [6.45, 7) is 5.75. The molecule has 106 valence electrons. The Kier molecular flexibility index (Phi) is 4.25. The fraction of sp³-hybridized carbons (Fsp3) is 0.429. The van der Waals surface area contributed by atoms with Gasteiger partial charge in [-0.05, 0) is 12.1 Å². The molecule has 1 aliphatic rings. The summed E-state index contributed by atoms with van der Waals surface area (Å²) in [5.41, 5.74) is 0.893. The van der Waals surface area contributed by atoms with Gasteiger partial charge in [-0.1, -0.05) is 12.1 Å². The molecule has 5 nitrogen and oxygen atoms in total. The molecule has 0 aliphatic carbocycles. The minimum absolute atomic E-state index is 0.0682. The van der Waals surface area contributed by atoms with E-state index in [0.29, 0.717) is 11.6 Å². The molecular weight excluding hydrogens is 272 g/mol. The normalized spacial score (nSPS) is 16.4. The number of benzene rings is 1. The second kappa shape index (κ2) is 6.30. The highest BCUT2D eigenvalue weighted by molar-refractivity contribution is 7.20. The van der Waals surface area contributed by atoms with Gasteiger partial charge >= 0.3 is 0 Å². The van der Waals surface area contributed by atoms with E-state index in [0.717, 1.165) is 42.9 Å². The molecule has 1 aromatic heterocycles. The Balaban J connectivity index is 1.53. The van der Waals surface area contributed by atoms with E-state index in [9.17, 15) is 4.79 Å². The van der Waals surface area contributed by atoms with Crippen LogP contribution in [-0.4, -0.2) is 55.1 Å². The topological polar surface area (TPSA) is 57.3 Å². The number of amides is 1. The SMILES string of the molecule is O=C(NCCN1CCNCC1)c1nc2ccccc2s1. The van der Waals surface area contributed by atoms with Gasteiger partial charge in [0.2, 0.25) is 0 Å². The fourth-order valence-electron chi connectivity index (χ4n) is 2.31. The number of nitrogens with one attached hydrogen (secondary N) is 2. The lowest BCUT2D eigenvalue weighted by Gasteiger charge is -2.26. The number of rotatable bonds is 4. The predicted octanol–water partition coefficient (Wildman–Crippen LogP) is 0.931. The summed E-state index contributed by atoms with van der Waals surface area (Å²) in [4.78, 5) is 18.8. The Morgan fingerprint density at radius 3 is 2.95 bits per heavy atom. The van der Waals surface area contributed by atoms with Crippen LogP contribution in [0, 0.1) is 0 Å². The summed E-state index contributed by atoms with van der Waals surface area (Å²) >= 11 is 1.44. The van der Waals surface area contributed by atoms with Crippen LogP contribution in [0.1, 0.15) is 9.80 Å². The van der Waals surface area contributed by atoms with Gasteiger partial charge in [-0.3, -0.25) is 9.69 Å². The first kappa shape index (κ1) is 13.5. The quantitative estimate of drug-likeness (QED) is 0.879. The van der Waals surface area contributed by atoms with E-state index in [4.69, 9.17) is 0 Å². The van der Waals surface area contributed by atoms with E-state index < -0.39 is 0 Å². The molecule has 0 saturated carbocycles. The van der Waals surface area contributed by atoms with Crippen LogP contribution in [-0.2, 0) is 0 Å². The zero-order chi connectivity index (χ0) is 13.8. The van der Waals surface area contributed by atoms with Gasteiger partial charge in [0.15, 0.2) is 5.01 Å². The summed E-state index contributed by atoms with van der Waals surface area (Å²) in [6, 6.07) is 7.83. The zero-order valence-corrected chi connectivity index (χ0v) is 12.1. The van der Waals surface area contributed by atoms with Crippen molar-refractivity contribution in [1.82, 2.24) is 20.5 Å². The van der Waals surface area contributed by atoms with Crippen LogP contribution in [0.4, 0.5) is 0 Å². The van der Waals surface area contributed by atoms with Crippen LogP contribution in [0.25, 0.3) is 10.2 Å². The molecule has 0 spiro atoms. The first-order valence-electron chi connectivity index (χ1n) is 6.90. The monoisotopic (exact) mass is 290 g/mol. The number of para-hydroxylation sites is 1. The molecular formula is C14H18N4OS. The van der Waals surface area contributed by atoms with Crippen molar-refractivity contribution in [3.8, 4) is 0 Å². The maximum absolute atomic E-state index is 12.1. The molecule has 2 heterocycles. The van der Waals surface area contributed by atoms with Gasteiger partial charge in [0.05, 0.1) is 10.2 Å². The average molecular weight is 290 g/mol. The van der Waals surface area contributed by atoms with Crippen LogP contribution < -0.4 is 10.6 Å². The molecule has 1 saturated heterocycles. The summed E-state index contributed by atoms with van der Waals surface area (Å²) < 4.78 is 1.06. The van der Waals surface area contributed by atoms with Crippen LogP contribution in [0.3, 0.4) is 0 Å². The van der Waals surface area contributed by atoms with Crippen molar-refractivity contribution in [2.45, 2.75) is 0 Å². The lowest BCUT2D eigenvalue weighted by atomic mass is 10.3. The molecule has 1 aromatic carbocycles. The van der Waals surface area contributed by atoms with Crippen molar-refractivity contribution in [3.05, 3.63) is 29.3 Å². The Bertz CT molecular complexity index is 559. The number of aromatic nitrogens is 1. The van der Waals surface area contributed by atoms with Crippen molar-refractivity contribution in [2.24, 2.45) is 0 Å². The van der Waals surface area contributed by atoms with E-state index in [1.807, 2.05) is 24.3 Å². The van der Waals surface area contributed by atoms with Gasteiger partial charge in [-0.25, -0.2) is 4.98 Å². The maximum atomic E-state index is 12.1. The number of nitrogens with zero attached hydrogens (tertiary/aromatic N) is 2. The number of carbonyl (C=O) groups is 1. The van der Waals surface area contributed by atoms with Gasteiger partial charge in [-0.15, -0.1) is 11.3 Å². The summed E-state index contributed by atoms with van der Waals surface area (Å²) in [5.74, 6) is -0.0682. The highest BCUT2D eigenvalue weighted by atomic mass is 32.1. The number of thiazole rings is 1. The first-order valence-corrected chi connectivity index (χ1v) is 7.71. The largest absolute Gasteiger partial charge is 0.349 e. The lowest BCUT2D eigenvalue weighted by Crippen LogP contribution is -2.46. The molecule has 0 bridgehead atoms. The maximum Gasteiger partial charge on any atom is 0.280 e. The second-order valence-electron chi connectivity index (χ2n) is 4.83. The summed E-state index contributed by atoms with van der Waals surface area (Å²) in [7, 11) is 0. The van der Waals surface area contributed by atoms with Gasteiger partial charge in [0.1, 0.15) is 0 Å². The van der Waals surface area contributed by atoms with Crippen LogP contribution in [0.2, 0.25) is 0 Å². The second-order valence-corrected chi connectivity index (χ2v) is 5.86. The summed E-state index contributed by atoms with van der Waals surface area (Å²) in [5, 5.41) is 6.82. The minimum atomic E-state index is -0.0682. The molecule has 1 amide bonds. The summed E-state index contributed by atoms with van der Waals surface area (Å²) in [6.07, 6.45) is 0. The van der Waals surface area contributed by atoms with Crippen molar-refractivity contribution in [2.75, 3.05) is 39.3 Å². The van der Waals surface area contributed by atoms with Crippen LogP contribution >= 0.6 is 11.3 Å². The number of piperazine rings is 1.